The van der Waals surface area contributed by atoms with E-state index in [2.05, 4.69) is 0 Å². The molecule has 0 saturated heterocycles. The molecule has 0 aliphatic rings. The largest absolute Gasteiger partial charge is 0.451 e. The number of rotatable bonds is 5. The summed E-state index contributed by atoms with van der Waals surface area (Å²) in [5.41, 5.74) is -4.34. The second-order valence-corrected chi connectivity index (χ2v) is 10.6. The van der Waals surface area contributed by atoms with E-state index in [1.165, 1.54) is 27.0 Å². The highest BCUT2D eigenvalue weighted by molar-refractivity contribution is 5.98. The van der Waals surface area contributed by atoms with Crippen LogP contribution >= 0.6 is 0 Å². The van der Waals surface area contributed by atoms with E-state index in [4.69, 9.17) is 9.47 Å². The monoisotopic (exact) mass is 658 g/mol. The normalized spacial score (nSPS) is 12.0. The van der Waals surface area contributed by atoms with E-state index in [1.54, 1.807) is 0 Å². The van der Waals surface area contributed by atoms with Gasteiger partial charge in [-0.05, 0) is 61.9 Å². The molecule has 0 bridgehead atoms. The molecule has 0 aliphatic heterocycles. The second-order valence-electron chi connectivity index (χ2n) is 10.6. The van der Waals surface area contributed by atoms with Crippen LogP contribution in [-0.2, 0) is 13.2 Å². The molecular formula is C32H17F7N2O6. The van der Waals surface area contributed by atoms with Gasteiger partial charge in [0, 0.05) is 7.05 Å². The van der Waals surface area contributed by atoms with E-state index >= 15 is 8.78 Å². The van der Waals surface area contributed by atoms with Crippen molar-refractivity contribution >= 4 is 21.5 Å². The standard InChI is InChI=1S/C32H17F7N2O6/c1-12-4-6-21(19(8-12)32(37,38)39)47-27-24(35)22(33)26(23(34)25(27)36)46-20-7-5-14(9-13(20)2)41-30(44)17-10-15-16(11-18(17)31(41)45)29(43)40(3)28(15)42/h4-11H,1-3H3. The van der Waals surface area contributed by atoms with Gasteiger partial charge < -0.3 is 9.47 Å². The Kier molecular flexibility index (Phi) is 7.10. The third-order valence-corrected chi connectivity index (χ3v) is 7.56. The summed E-state index contributed by atoms with van der Waals surface area (Å²) in [5, 5.41) is -0.403. The average molecular weight is 658 g/mol. The fourth-order valence-electron chi connectivity index (χ4n) is 5.16. The molecule has 0 spiro atoms. The summed E-state index contributed by atoms with van der Waals surface area (Å²) in [7, 11) is 1.25. The van der Waals surface area contributed by atoms with E-state index in [1.807, 2.05) is 0 Å². The van der Waals surface area contributed by atoms with Gasteiger partial charge in [0.15, 0.2) is 0 Å². The number of aromatic nitrogens is 2. The zero-order chi connectivity index (χ0) is 34.3. The molecule has 240 valence electrons. The lowest BCUT2D eigenvalue weighted by Gasteiger charge is -2.17. The van der Waals surface area contributed by atoms with Gasteiger partial charge in [0.1, 0.15) is 11.5 Å². The van der Waals surface area contributed by atoms with Crippen molar-refractivity contribution in [1.29, 1.82) is 0 Å². The first kappa shape index (κ1) is 31.3. The first-order valence-electron chi connectivity index (χ1n) is 13.4. The third kappa shape index (κ3) is 4.85. The molecule has 0 amide bonds. The van der Waals surface area contributed by atoms with Crippen molar-refractivity contribution in [3.05, 3.63) is 130 Å². The van der Waals surface area contributed by atoms with Crippen LogP contribution in [0, 0.1) is 37.1 Å². The predicted octanol–water partition coefficient (Wildman–Crippen LogP) is 6.22. The predicted molar refractivity (Wildman–Crippen MR) is 155 cm³/mol. The number of ether oxygens (including phenoxy) is 2. The first-order valence-corrected chi connectivity index (χ1v) is 13.4. The maximum atomic E-state index is 15.0. The molecular weight excluding hydrogens is 641 g/mol. The topological polar surface area (TPSA) is 96.6 Å². The van der Waals surface area contributed by atoms with Crippen LogP contribution in [0.25, 0.3) is 27.2 Å². The molecule has 6 aromatic rings. The minimum Gasteiger partial charge on any atom is -0.451 e. The lowest BCUT2D eigenvalue weighted by Crippen LogP contribution is -2.23. The summed E-state index contributed by atoms with van der Waals surface area (Å²) in [4.78, 5) is 51.1. The fourth-order valence-corrected chi connectivity index (χ4v) is 5.16. The Hall–Kier alpha value is -5.73. The van der Waals surface area contributed by atoms with Gasteiger partial charge in [-0.15, -0.1) is 0 Å². The van der Waals surface area contributed by atoms with E-state index in [-0.39, 0.29) is 44.1 Å². The average Bonchev–Trinajstić information content (AvgIpc) is 3.39. The van der Waals surface area contributed by atoms with Gasteiger partial charge in [0.25, 0.3) is 22.2 Å². The van der Waals surface area contributed by atoms with E-state index in [0.29, 0.717) is 6.07 Å². The molecule has 47 heavy (non-hydrogen) atoms. The number of fused-ring (bicyclic) bond motifs is 2. The van der Waals surface area contributed by atoms with Crippen LogP contribution < -0.4 is 31.7 Å². The fraction of sp³-hybridized carbons (Fsp3) is 0.125. The van der Waals surface area contributed by atoms with E-state index < -0.39 is 74.5 Å². The number of aryl methyl sites for hydroxylation is 2. The van der Waals surface area contributed by atoms with Crippen LogP contribution in [-0.4, -0.2) is 9.13 Å². The van der Waals surface area contributed by atoms with Crippen LogP contribution in [0.2, 0.25) is 0 Å². The van der Waals surface area contributed by atoms with Gasteiger partial charge >= 0.3 is 6.18 Å². The molecule has 2 heterocycles. The highest BCUT2D eigenvalue weighted by Gasteiger charge is 2.36. The van der Waals surface area contributed by atoms with Crippen molar-refractivity contribution in [2.75, 3.05) is 0 Å². The number of hydrogen-bond acceptors (Lipinski definition) is 6. The zero-order valence-corrected chi connectivity index (χ0v) is 24.1. The molecule has 0 saturated carbocycles. The number of alkyl halides is 3. The molecule has 0 unspecified atom stereocenters. The zero-order valence-electron chi connectivity index (χ0n) is 24.1. The molecule has 15 heteroatoms. The van der Waals surface area contributed by atoms with Crippen molar-refractivity contribution in [1.82, 2.24) is 9.13 Å². The lowest BCUT2D eigenvalue weighted by atomic mass is 10.1. The molecule has 6 rings (SSSR count). The Morgan fingerprint density at radius 2 is 1.04 bits per heavy atom. The van der Waals surface area contributed by atoms with Crippen molar-refractivity contribution in [2.24, 2.45) is 7.05 Å². The van der Waals surface area contributed by atoms with Gasteiger partial charge in [0.05, 0.1) is 32.8 Å². The Labute approximate surface area is 256 Å². The van der Waals surface area contributed by atoms with Crippen LogP contribution in [0.4, 0.5) is 30.7 Å². The smallest absolute Gasteiger partial charge is 0.419 e. The second kappa shape index (κ2) is 10.7. The van der Waals surface area contributed by atoms with Gasteiger partial charge in [-0.25, -0.2) is 4.57 Å². The summed E-state index contributed by atoms with van der Waals surface area (Å²) in [5.74, 6) is -13.4. The summed E-state index contributed by atoms with van der Waals surface area (Å²) in [6.07, 6.45) is -5.03. The molecule has 0 aliphatic carbocycles. The molecule has 4 aromatic carbocycles. The minimum atomic E-state index is -5.03. The molecule has 0 N–H and O–H groups in total. The Morgan fingerprint density at radius 3 is 1.51 bits per heavy atom. The first-order chi connectivity index (χ1) is 22.0. The lowest BCUT2D eigenvalue weighted by molar-refractivity contribution is -0.138. The van der Waals surface area contributed by atoms with Crippen LogP contribution in [0.1, 0.15) is 16.7 Å². The summed E-state index contributed by atoms with van der Waals surface area (Å²) in [6.45, 7) is 2.63. The van der Waals surface area contributed by atoms with Gasteiger partial charge in [-0.3, -0.25) is 23.7 Å². The Balaban J connectivity index is 1.37. The highest BCUT2D eigenvalue weighted by atomic mass is 19.4. The number of halogens is 7. The maximum absolute atomic E-state index is 15.0. The number of benzene rings is 4. The van der Waals surface area contributed by atoms with Crippen LogP contribution in [0.5, 0.6) is 23.0 Å². The third-order valence-electron chi connectivity index (χ3n) is 7.56. The number of hydrogen-bond donors (Lipinski definition) is 0. The Morgan fingerprint density at radius 1 is 0.596 bits per heavy atom. The quantitative estimate of drug-likeness (QED) is 0.161. The van der Waals surface area contributed by atoms with Crippen LogP contribution in [0.3, 0.4) is 0 Å². The summed E-state index contributed by atoms with van der Waals surface area (Å²) in [6, 6.07) is 8.12. The maximum Gasteiger partial charge on any atom is 0.419 e. The molecule has 0 fully saturated rings. The van der Waals surface area contributed by atoms with Gasteiger partial charge in [-0.2, -0.15) is 30.7 Å². The number of nitrogens with zero attached hydrogens (tertiary/aromatic N) is 2. The summed E-state index contributed by atoms with van der Waals surface area (Å²) < 4.78 is 112. The SMILES string of the molecule is Cc1ccc(Oc2c(F)c(F)c(Oc3ccc(-n4c(=O)c5cc6c(=O)n(C)c(=O)c6cc5c4=O)cc3C)c(F)c2F)c(C(F)(F)F)c1. The van der Waals surface area contributed by atoms with E-state index in [0.717, 1.165) is 45.5 Å². The van der Waals surface area contributed by atoms with Crippen molar-refractivity contribution in [3.8, 4) is 28.7 Å². The van der Waals surface area contributed by atoms with Gasteiger partial charge in [-0.1, -0.05) is 11.6 Å². The van der Waals surface area contributed by atoms with Crippen molar-refractivity contribution < 1.29 is 40.2 Å². The minimum absolute atomic E-state index is 0.0166. The Bertz CT molecular complexity index is 2420. The van der Waals surface area contributed by atoms with E-state index in [9.17, 15) is 41.1 Å². The van der Waals surface area contributed by atoms with Crippen molar-refractivity contribution in [3.63, 3.8) is 0 Å². The highest BCUT2D eigenvalue weighted by Crippen LogP contribution is 2.43. The van der Waals surface area contributed by atoms with Gasteiger partial charge in [0.2, 0.25) is 34.8 Å². The molecule has 0 atom stereocenters. The van der Waals surface area contributed by atoms with Crippen LogP contribution in [0.15, 0.2) is 67.7 Å². The summed E-state index contributed by atoms with van der Waals surface area (Å²) >= 11 is 0. The molecule has 2 aromatic heterocycles. The molecule has 0 radical (unpaired) electrons. The molecule has 8 nitrogen and oxygen atoms in total. The van der Waals surface area contributed by atoms with Crippen molar-refractivity contribution in [2.45, 2.75) is 20.0 Å².